The molecule has 6 heteroatoms. The van der Waals surface area contributed by atoms with Crippen LogP contribution in [-0.2, 0) is 12.1 Å². The fourth-order valence-corrected chi connectivity index (χ4v) is 1.90. The summed E-state index contributed by atoms with van der Waals surface area (Å²) in [7, 11) is 0. The minimum absolute atomic E-state index is 0.0688. The van der Waals surface area contributed by atoms with E-state index in [-0.39, 0.29) is 22.7 Å². The van der Waals surface area contributed by atoms with Crippen molar-refractivity contribution in [2.45, 2.75) is 12.1 Å². The van der Waals surface area contributed by atoms with Crippen LogP contribution in [0.15, 0.2) is 36.5 Å². The van der Waals surface area contributed by atoms with E-state index in [0.717, 1.165) is 6.07 Å². The third-order valence-corrected chi connectivity index (χ3v) is 2.84. The Kier molecular flexibility index (Phi) is 3.75. The highest BCUT2D eigenvalue weighted by Gasteiger charge is 2.34. The molecule has 100 valence electrons. The average molecular weight is 290 g/mol. The van der Waals surface area contributed by atoms with Gasteiger partial charge in [0.15, 0.2) is 0 Å². The van der Waals surface area contributed by atoms with E-state index in [9.17, 15) is 17.6 Å². The average Bonchev–Trinajstić information content (AvgIpc) is 2.37. The Hall–Kier alpha value is -1.62. The van der Waals surface area contributed by atoms with Gasteiger partial charge in [-0.25, -0.2) is 4.39 Å². The number of alkyl halides is 4. The van der Waals surface area contributed by atoms with E-state index >= 15 is 0 Å². The second-order valence-electron chi connectivity index (χ2n) is 3.83. The molecule has 0 aliphatic heterocycles. The van der Waals surface area contributed by atoms with Crippen LogP contribution in [0.3, 0.4) is 0 Å². The van der Waals surface area contributed by atoms with Crippen molar-refractivity contribution in [2.75, 3.05) is 0 Å². The highest BCUT2D eigenvalue weighted by molar-refractivity contribution is 6.17. The van der Waals surface area contributed by atoms with E-state index in [1.54, 1.807) is 6.07 Å². The number of hydrogen-bond acceptors (Lipinski definition) is 1. The predicted molar refractivity (Wildman–Crippen MR) is 64.2 cm³/mol. The van der Waals surface area contributed by atoms with Crippen molar-refractivity contribution in [1.82, 2.24) is 4.98 Å². The van der Waals surface area contributed by atoms with Crippen molar-refractivity contribution in [3.8, 4) is 11.1 Å². The lowest BCUT2D eigenvalue weighted by Crippen LogP contribution is -2.10. The number of nitrogens with zero attached hydrogens (tertiary/aromatic N) is 1. The van der Waals surface area contributed by atoms with Gasteiger partial charge in [0.1, 0.15) is 5.82 Å². The van der Waals surface area contributed by atoms with Crippen LogP contribution < -0.4 is 0 Å². The fourth-order valence-electron chi connectivity index (χ4n) is 1.69. The van der Waals surface area contributed by atoms with E-state index in [2.05, 4.69) is 4.98 Å². The van der Waals surface area contributed by atoms with Crippen LogP contribution in [0.4, 0.5) is 17.6 Å². The zero-order chi connectivity index (χ0) is 14.0. The first-order chi connectivity index (χ1) is 8.93. The Balaban J connectivity index is 2.59. The molecule has 2 aromatic rings. The molecule has 2 rings (SSSR count). The van der Waals surface area contributed by atoms with Crippen LogP contribution in [0, 0.1) is 5.82 Å². The molecule has 0 saturated heterocycles. The summed E-state index contributed by atoms with van der Waals surface area (Å²) in [5, 5.41) is 0. The molecule has 0 spiro atoms. The monoisotopic (exact) mass is 289 g/mol. The lowest BCUT2D eigenvalue weighted by Gasteiger charge is -2.12. The van der Waals surface area contributed by atoms with Gasteiger partial charge in [-0.15, -0.1) is 11.6 Å². The first-order valence-corrected chi connectivity index (χ1v) is 5.84. The summed E-state index contributed by atoms with van der Waals surface area (Å²) < 4.78 is 52.1. The maximum Gasteiger partial charge on any atom is 0.418 e. The molecule has 0 bridgehead atoms. The van der Waals surface area contributed by atoms with Gasteiger partial charge in [0, 0.05) is 17.3 Å². The fraction of sp³-hybridized carbons (Fsp3) is 0.154. The molecule has 1 nitrogen and oxygen atoms in total. The molecule has 1 heterocycles. The zero-order valence-electron chi connectivity index (χ0n) is 9.51. The van der Waals surface area contributed by atoms with E-state index in [0.29, 0.717) is 0 Å². The topological polar surface area (TPSA) is 12.9 Å². The molecule has 1 aromatic heterocycles. The van der Waals surface area contributed by atoms with Crippen molar-refractivity contribution in [2.24, 2.45) is 0 Å². The van der Waals surface area contributed by atoms with Gasteiger partial charge in [-0.3, -0.25) is 4.98 Å². The summed E-state index contributed by atoms with van der Waals surface area (Å²) in [5.41, 5.74) is -1.07. The number of pyridine rings is 1. The molecule has 19 heavy (non-hydrogen) atoms. The highest BCUT2D eigenvalue weighted by atomic mass is 35.5. The number of hydrogen-bond donors (Lipinski definition) is 0. The van der Waals surface area contributed by atoms with Crippen molar-refractivity contribution in [1.29, 1.82) is 0 Å². The van der Waals surface area contributed by atoms with Gasteiger partial charge in [0.25, 0.3) is 0 Å². The van der Waals surface area contributed by atoms with Crippen LogP contribution in [0.5, 0.6) is 0 Å². The lowest BCUT2D eigenvalue weighted by molar-refractivity contribution is -0.138. The normalized spacial score (nSPS) is 11.6. The molecule has 0 unspecified atom stereocenters. The summed E-state index contributed by atoms with van der Waals surface area (Å²) in [4.78, 5) is 3.66. The zero-order valence-corrected chi connectivity index (χ0v) is 10.3. The molecule has 0 atom stereocenters. The Labute approximate surface area is 111 Å². The minimum atomic E-state index is -4.57. The van der Waals surface area contributed by atoms with Gasteiger partial charge in [0.2, 0.25) is 0 Å². The Morgan fingerprint density at radius 2 is 1.84 bits per heavy atom. The predicted octanol–water partition coefficient (Wildman–Crippen LogP) is 4.65. The summed E-state index contributed by atoms with van der Waals surface area (Å²) in [5.74, 6) is -0.956. The van der Waals surface area contributed by atoms with Crippen molar-refractivity contribution in [3.63, 3.8) is 0 Å². The Morgan fingerprint density at radius 1 is 1.16 bits per heavy atom. The summed E-state index contributed by atoms with van der Waals surface area (Å²) in [6, 6.07) is 6.44. The third kappa shape index (κ3) is 2.87. The molecular weight excluding hydrogens is 282 g/mol. The molecular formula is C13H8ClF4N. The second kappa shape index (κ2) is 5.17. The van der Waals surface area contributed by atoms with Gasteiger partial charge < -0.3 is 0 Å². The molecule has 0 aliphatic rings. The summed E-state index contributed by atoms with van der Waals surface area (Å²) in [6.45, 7) is 0. The second-order valence-corrected chi connectivity index (χ2v) is 4.10. The van der Waals surface area contributed by atoms with Gasteiger partial charge in [-0.2, -0.15) is 13.2 Å². The number of benzene rings is 1. The minimum Gasteiger partial charge on any atom is -0.259 e. The van der Waals surface area contributed by atoms with Gasteiger partial charge in [-0.05, 0) is 12.1 Å². The smallest absolute Gasteiger partial charge is 0.259 e. The largest absolute Gasteiger partial charge is 0.418 e. The van der Waals surface area contributed by atoms with Crippen molar-refractivity contribution in [3.05, 3.63) is 53.6 Å². The molecule has 0 saturated carbocycles. The van der Waals surface area contributed by atoms with Crippen molar-refractivity contribution >= 4 is 11.6 Å². The highest BCUT2D eigenvalue weighted by Crippen LogP contribution is 2.34. The van der Waals surface area contributed by atoms with Crippen LogP contribution in [0.1, 0.15) is 11.3 Å². The molecule has 1 aromatic carbocycles. The standard InChI is InChI=1S/C13H8ClF4N/c14-6-12-10(13(16,17)18)5-8(7-19-12)9-3-1-2-4-11(9)15/h1-5,7H,6H2. The molecule has 0 N–H and O–H groups in total. The number of aromatic nitrogens is 1. The van der Waals surface area contributed by atoms with E-state index in [1.807, 2.05) is 0 Å². The Morgan fingerprint density at radius 3 is 2.42 bits per heavy atom. The molecule has 0 aliphatic carbocycles. The van der Waals surface area contributed by atoms with Crippen molar-refractivity contribution < 1.29 is 17.6 Å². The van der Waals surface area contributed by atoms with E-state index < -0.39 is 17.6 Å². The number of halogens is 5. The van der Waals surface area contributed by atoms with Crippen LogP contribution in [0.2, 0.25) is 0 Å². The summed E-state index contributed by atoms with van der Waals surface area (Å²) >= 11 is 5.43. The lowest BCUT2D eigenvalue weighted by atomic mass is 10.0. The Bertz CT molecular complexity index is 595. The van der Waals surface area contributed by atoms with Gasteiger partial charge >= 0.3 is 6.18 Å². The SMILES string of the molecule is Fc1ccccc1-c1cnc(CCl)c(C(F)(F)F)c1. The summed E-state index contributed by atoms with van der Waals surface area (Å²) in [6.07, 6.45) is -3.39. The van der Waals surface area contributed by atoms with Crippen LogP contribution >= 0.6 is 11.6 Å². The maximum absolute atomic E-state index is 13.6. The number of rotatable bonds is 2. The molecule has 0 amide bonds. The van der Waals surface area contributed by atoms with E-state index in [4.69, 9.17) is 11.6 Å². The van der Waals surface area contributed by atoms with E-state index in [1.165, 1.54) is 24.4 Å². The molecule has 0 fully saturated rings. The third-order valence-electron chi connectivity index (χ3n) is 2.59. The van der Waals surface area contributed by atoms with Gasteiger partial charge in [-0.1, -0.05) is 18.2 Å². The first-order valence-electron chi connectivity index (χ1n) is 5.30. The quantitative estimate of drug-likeness (QED) is 0.579. The van der Waals surface area contributed by atoms with Crippen LogP contribution in [-0.4, -0.2) is 4.98 Å². The maximum atomic E-state index is 13.6. The van der Waals surface area contributed by atoms with Crippen LogP contribution in [0.25, 0.3) is 11.1 Å². The molecule has 0 radical (unpaired) electrons. The first kappa shape index (κ1) is 13.8. The van der Waals surface area contributed by atoms with Gasteiger partial charge in [0.05, 0.1) is 17.1 Å².